The van der Waals surface area contributed by atoms with Crippen molar-refractivity contribution in [1.82, 2.24) is 0 Å². The topological polar surface area (TPSA) is 40.5 Å². The van der Waals surface area contributed by atoms with Crippen LogP contribution in [0.25, 0.3) is 0 Å². The van der Waals surface area contributed by atoms with E-state index in [1.54, 1.807) is 6.07 Å². The van der Waals surface area contributed by atoms with Crippen LogP contribution in [0.1, 0.15) is 43.0 Å². The lowest BCUT2D eigenvalue weighted by Gasteiger charge is -2.31. The number of halogens is 1. The van der Waals surface area contributed by atoms with Crippen molar-refractivity contribution in [2.24, 2.45) is 0 Å². The van der Waals surface area contributed by atoms with Crippen LogP contribution in [0.2, 0.25) is 0 Å². The quantitative estimate of drug-likeness (QED) is 0.916. The molecular weight excluding hydrogens is 294 g/mol. The monoisotopic (exact) mass is 311 g/mol. The Hall–Kier alpha value is -1.03. The van der Waals surface area contributed by atoms with Gasteiger partial charge in [0.1, 0.15) is 0 Å². The van der Waals surface area contributed by atoms with Crippen molar-refractivity contribution in [3.63, 3.8) is 0 Å². The van der Waals surface area contributed by atoms with E-state index in [-0.39, 0.29) is 0 Å². The number of anilines is 1. The number of hydrogen-bond acceptors (Lipinski definition) is 2. The zero-order valence-corrected chi connectivity index (χ0v) is 12.1. The average molecular weight is 312 g/mol. The number of carbonyl (C=O) groups is 1. The number of nitrogens with zero attached hydrogens (tertiary/aromatic N) is 1. The lowest BCUT2D eigenvalue weighted by molar-refractivity contribution is 0.0696. The molecule has 0 atom stereocenters. The maximum atomic E-state index is 11.4. The molecule has 1 aromatic carbocycles. The summed E-state index contributed by atoms with van der Waals surface area (Å²) in [5.41, 5.74) is 1.22. The largest absolute Gasteiger partial charge is 0.478 e. The normalized spacial score (nSPS) is 15.9. The smallest absolute Gasteiger partial charge is 0.338 e. The Morgan fingerprint density at radius 1 is 1.44 bits per heavy atom. The molecule has 98 valence electrons. The molecule has 2 rings (SSSR count). The van der Waals surface area contributed by atoms with Crippen LogP contribution in [0, 0.1) is 0 Å². The van der Waals surface area contributed by atoms with Crippen molar-refractivity contribution >= 4 is 27.6 Å². The van der Waals surface area contributed by atoms with Gasteiger partial charge < -0.3 is 10.0 Å². The Morgan fingerprint density at radius 3 is 2.67 bits per heavy atom. The third kappa shape index (κ3) is 2.53. The minimum atomic E-state index is -0.867. The zero-order chi connectivity index (χ0) is 13.1. The van der Waals surface area contributed by atoms with Crippen LogP contribution in [-0.2, 0) is 0 Å². The van der Waals surface area contributed by atoms with Gasteiger partial charge in [-0.3, -0.25) is 0 Å². The molecule has 0 aromatic heterocycles. The predicted octanol–water partition coefficient (Wildman–Crippen LogP) is 3.92. The number of hydrogen-bond donors (Lipinski definition) is 1. The number of aromatic carboxylic acids is 1. The minimum Gasteiger partial charge on any atom is -0.478 e. The maximum Gasteiger partial charge on any atom is 0.338 e. The number of benzene rings is 1. The van der Waals surface area contributed by atoms with Gasteiger partial charge in [-0.1, -0.05) is 18.9 Å². The maximum absolute atomic E-state index is 11.4. The lowest BCUT2D eigenvalue weighted by Crippen LogP contribution is -2.34. The van der Waals surface area contributed by atoms with E-state index in [1.165, 1.54) is 25.7 Å². The van der Waals surface area contributed by atoms with E-state index in [2.05, 4.69) is 27.8 Å². The van der Waals surface area contributed by atoms with E-state index in [1.807, 2.05) is 12.1 Å². The van der Waals surface area contributed by atoms with Gasteiger partial charge in [-0.05, 0) is 47.8 Å². The van der Waals surface area contributed by atoms with E-state index in [0.717, 1.165) is 12.2 Å². The average Bonchev–Trinajstić information content (AvgIpc) is 2.83. The van der Waals surface area contributed by atoms with Gasteiger partial charge in [-0.25, -0.2) is 4.79 Å². The highest BCUT2D eigenvalue weighted by atomic mass is 79.9. The summed E-state index contributed by atoms with van der Waals surface area (Å²) in [4.78, 5) is 13.7. The molecule has 4 heteroatoms. The molecule has 1 N–H and O–H groups in total. The summed E-state index contributed by atoms with van der Waals surface area (Å²) in [6, 6.07) is 6.09. The first-order chi connectivity index (χ1) is 8.65. The van der Waals surface area contributed by atoms with E-state index in [0.29, 0.717) is 16.1 Å². The van der Waals surface area contributed by atoms with Crippen LogP contribution < -0.4 is 4.90 Å². The molecular formula is C14H18BrNO2. The van der Waals surface area contributed by atoms with Gasteiger partial charge in [-0.15, -0.1) is 0 Å². The Kier molecular flexibility index (Phi) is 4.27. The number of carboxylic acids is 1. The highest BCUT2D eigenvalue weighted by Gasteiger charge is 2.25. The fraction of sp³-hybridized carbons (Fsp3) is 0.500. The number of rotatable bonds is 4. The summed E-state index contributed by atoms with van der Waals surface area (Å²) in [7, 11) is 0. The van der Waals surface area contributed by atoms with Crippen LogP contribution in [0.5, 0.6) is 0 Å². The van der Waals surface area contributed by atoms with E-state index < -0.39 is 5.97 Å². The van der Waals surface area contributed by atoms with Crippen LogP contribution in [0.3, 0.4) is 0 Å². The summed E-state index contributed by atoms with van der Waals surface area (Å²) >= 11 is 3.35. The highest BCUT2D eigenvalue weighted by Crippen LogP contribution is 2.33. The molecule has 0 bridgehead atoms. The van der Waals surface area contributed by atoms with Gasteiger partial charge in [0, 0.05) is 17.1 Å². The van der Waals surface area contributed by atoms with Crippen molar-refractivity contribution < 1.29 is 9.90 Å². The summed E-state index contributed by atoms with van der Waals surface area (Å²) in [6.07, 6.45) is 4.83. The Morgan fingerprint density at radius 2 is 2.11 bits per heavy atom. The molecule has 0 unspecified atom stereocenters. The van der Waals surface area contributed by atoms with Crippen molar-refractivity contribution in [1.29, 1.82) is 0 Å². The molecule has 0 amide bonds. The Bertz CT molecular complexity index is 441. The van der Waals surface area contributed by atoms with Gasteiger partial charge >= 0.3 is 5.97 Å². The molecule has 0 radical (unpaired) electrons. The zero-order valence-electron chi connectivity index (χ0n) is 10.5. The summed E-state index contributed by atoms with van der Waals surface area (Å²) < 4.78 is 0.656. The molecule has 1 fully saturated rings. The van der Waals surface area contributed by atoms with Crippen molar-refractivity contribution in [3.8, 4) is 0 Å². The summed E-state index contributed by atoms with van der Waals surface area (Å²) in [5, 5.41) is 9.38. The van der Waals surface area contributed by atoms with Crippen molar-refractivity contribution in [2.75, 3.05) is 11.4 Å². The van der Waals surface area contributed by atoms with Crippen LogP contribution in [0.15, 0.2) is 22.7 Å². The minimum absolute atomic E-state index is 0.381. The molecule has 18 heavy (non-hydrogen) atoms. The Balaban J connectivity index is 2.41. The summed E-state index contributed by atoms with van der Waals surface area (Å²) in [6.45, 7) is 2.94. The highest BCUT2D eigenvalue weighted by molar-refractivity contribution is 9.10. The third-order valence-corrected chi connectivity index (χ3v) is 4.28. The SMILES string of the molecule is CCN(c1cccc(Br)c1C(=O)O)C1CCCC1. The van der Waals surface area contributed by atoms with Crippen molar-refractivity contribution in [3.05, 3.63) is 28.2 Å². The van der Waals surface area contributed by atoms with Gasteiger partial charge in [0.25, 0.3) is 0 Å². The van der Waals surface area contributed by atoms with Gasteiger partial charge in [0.2, 0.25) is 0 Å². The van der Waals surface area contributed by atoms with E-state index >= 15 is 0 Å². The van der Waals surface area contributed by atoms with Crippen LogP contribution in [0.4, 0.5) is 5.69 Å². The van der Waals surface area contributed by atoms with E-state index in [9.17, 15) is 9.90 Å². The fourth-order valence-electron chi connectivity index (χ4n) is 2.80. The van der Waals surface area contributed by atoms with Crippen LogP contribution >= 0.6 is 15.9 Å². The van der Waals surface area contributed by atoms with Gasteiger partial charge in [0.15, 0.2) is 0 Å². The molecule has 1 aliphatic carbocycles. The van der Waals surface area contributed by atoms with Crippen LogP contribution in [-0.4, -0.2) is 23.7 Å². The first kappa shape index (κ1) is 13.4. The molecule has 3 nitrogen and oxygen atoms in total. The second kappa shape index (κ2) is 5.74. The molecule has 0 aliphatic heterocycles. The lowest BCUT2D eigenvalue weighted by atomic mass is 10.1. The van der Waals surface area contributed by atoms with Gasteiger partial charge in [0.05, 0.1) is 11.3 Å². The summed E-state index contributed by atoms with van der Waals surface area (Å²) in [5.74, 6) is -0.867. The van der Waals surface area contributed by atoms with E-state index in [4.69, 9.17) is 0 Å². The molecule has 0 saturated heterocycles. The molecule has 0 heterocycles. The molecule has 0 spiro atoms. The second-order valence-corrected chi connectivity index (χ2v) is 5.52. The fourth-order valence-corrected chi connectivity index (χ4v) is 3.33. The first-order valence-corrected chi connectivity index (χ1v) is 7.23. The van der Waals surface area contributed by atoms with Gasteiger partial charge in [-0.2, -0.15) is 0 Å². The van der Waals surface area contributed by atoms with Crippen molar-refractivity contribution in [2.45, 2.75) is 38.6 Å². The molecule has 1 aliphatic rings. The Labute approximate surface area is 116 Å². The third-order valence-electron chi connectivity index (χ3n) is 3.62. The second-order valence-electron chi connectivity index (χ2n) is 4.66. The predicted molar refractivity (Wildman–Crippen MR) is 76.4 cm³/mol. The molecule has 1 saturated carbocycles. The molecule has 1 aromatic rings. The number of carboxylic acid groups (broad SMARTS) is 1. The first-order valence-electron chi connectivity index (χ1n) is 6.43. The standard InChI is InChI=1S/C14H18BrNO2/c1-2-16(10-6-3-4-7-10)12-9-5-8-11(15)13(12)14(17)18/h5,8-10H,2-4,6-7H2,1H3,(H,17,18).